The van der Waals surface area contributed by atoms with E-state index in [0.717, 1.165) is 16.7 Å². The molecule has 2 aromatic rings. The molecule has 0 spiro atoms. The molecule has 1 aliphatic carbocycles. The molecule has 0 bridgehead atoms. The van der Waals surface area contributed by atoms with Gasteiger partial charge in [0.1, 0.15) is 0 Å². The molecule has 0 fully saturated rings. The summed E-state index contributed by atoms with van der Waals surface area (Å²) in [6.45, 7) is 0. The van der Waals surface area contributed by atoms with Crippen molar-refractivity contribution in [2.75, 3.05) is 0 Å². The van der Waals surface area contributed by atoms with Crippen molar-refractivity contribution in [3.8, 4) is 0 Å². The molecule has 0 radical (unpaired) electrons. The van der Waals surface area contributed by atoms with Crippen molar-refractivity contribution in [2.24, 2.45) is 0 Å². The molecule has 1 aliphatic rings. The van der Waals surface area contributed by atoms with Gasteiger partial charge in [-0.1, -0.05) is 59.6 Å². The molecule has 3 heteroatoms. The topological polar surface area (TPSA) is 17.1 Å². The summed E-state index contributed by atoms with van der Waals surface area (Å²) < 4.78 is 0. The van der Waals surface area contributed by atoms with E-state index in [9.17, 15) is 4.79 Å². The number of ketones is 1. The largest absolute Gasteiger partial charge is 0.289 e. The second kappa shape index (κ2) is 6.99. The fourth-order valence-corrected chi connectivity index (χ4v) is 2.66. The third-order valence-corrected chi connectivity index (χ3v) is 4.10. The number of benzene rings is 2. The molecule has 0 aliphatic heterocycles. The Kier molecular flexibility index (Phi) is 4.80. The summed E-state index contributed by atoms with van der Waals surface area (Å²) in [5.41, 5.74) is 3.38. The first kappa shape index (κ1) is 15.8. The van der Waals surface area contributed by atoms with Crippen LogP contribution >= 0.6 is 23.2 Å². The Morgan fingerprint density at radius 3 is 1.87 bits per heavy atom. The lowest BCUT2D eigenvalue weighted by Crippen LogP contribution is -2.08. The van der Waals surface area contributed by atoms with Crippen LogP contribution in [0.15, 0.2) is 71.8 Å². The number of halogens is 2. The Hall–Kier alpha value is -2.09. The fraction of sp³-hybridized carbons (Fsp3) is 0.0500. The smallest absolute Gasteiger partial charge is 0.189 e. The third-order valence-electron chi connectivity index (χ3n) is 3.59. The van der Waals surface area contributed by atoms with E-state index in [-0.39, 0.29) is 5.78 Å². The molecule has 0 heterocycles. The monoisotopic (exact) mass is 340 g/mol. The van der Waals surface area contributed by atoms with Crippen LogP contribution in [0.2, 0.25) is 10.0 Å². The highest BCUT2D eigenvalue weighted by Crippen LogP contribution is 2.24. The number of allylic oxidation sites excluding steroid dienone is 4. The third kappa shape index (κ3) is 4.01. The summed E-state index contributed by atoms with van der Waals surface area (Å²) in [6.07, 6.45) is 8.31. The van der Waals surface area contributed by atoms with Gasteiger partial charge in [-0.25, -0.2) is 0 Å². The van der Waals surface area contributed by atoms with Crippen molar-refractivity contribution in [1.82, 2.24) is 0 Å². The Labute approximate surface area is 145 Å². The number of hydrogen-bond acceptors (Lipinski definition) is 1. The standard InChI is InChI=1S/C20H14Cl2O/c21-18-8-4-14(5-9-18)12-16-2-1-3-17(20(16)23)13-15-6-10-19(22)11-7-15/h1-2,4-13H,3H2/b16-12+,17-13+. The van der Waals surface area contributed by atoms with Crippen molar-refractivity contribution in [3.05, 3.63) is 93.0 Å². The van der Waals surface area contributed by atoms with Gasteiger partial charge in [-0.2, -0.15) is 0 Å². The highest BCUT2D eigenvalue weighted by Gasteiger charge is 2.16. The Morgan fingerprint density at radius 2 is 1.30 bits per heavy atom. The first-order valence-electron chi connectivity index (χ1n) is 7.26. The van der Waals surface area contributed by atoms with Crippen molar-refractivity contribution in [3.63, 3.8) is 0 Å². The summed E-state index contributed by atoms with van der Waals surface area (Å²) in [7, 11) is 0. The molecule has 0 unspecified atom stereocenters. The minimum absolute atomic E-state index is 0.0531. The van der Waals surface area contributed by atoms with Crippen LogP contribution in [0.4, 0.5) is 0 Å². The van der Waals surface area contributed by atoms with Gasteiger partial charge in [-0.05, 0) is 54.0 Å². The van der Waals surface area contributed by atoms with Crippen molar-refractivity contribution < 1.29 is 4.79 Å². The predicted octanol–water partition coefficient (Wildman–Crippen LogP) is 5.99. The summed E-state index contributed by atoms with van der Waals surface area (Å²) >= 11 is 11.8. The van der Waals surface area contributed by atoms with E-state index in [1.54, 1.807) is 0 Å². The molecular formula is C20H14Cl2O. The molecule has 0 saturated carbocycles. The number of carbonyl (C=O) groups is 1. The van der Waals surface area contributed by atoms with E-state index in [1.165, 1.54) is 0 Å². The SMILES string of the molecule is O=C1/C(=C/c2ccc(Cl)cc2)C=CC/C1=C\c1ccc(Cl)cc1. The quantitative estimate of drug-likeness (QED) is 0.613. The second-order valence-corrected chi connectivity index (χ2v) is 6.18. The van der Waals surface area contributed by atoms with Crippen LogP contribution in [-0.4, -0.2) is 5.78 Å². The molecule has 0 aromatic heterocycles. The van der Waals surface area contributed by atoms with E-state index in [0.29, 0.717) is 22.0 Å². The van der Waals surface area contributed by atoms with Gasteiger partial charge >= 0.3 is 0 Å². The van der Waals surface area contributed by atoms with Gasteiger partial charge < -0.3 is 0 Å². The first-order chi connectivity index (χ1) is 11.1. The zero-order chi connectivity index (χ0) is 16.2. The highest BCUT2D eigenvalue weighted by molar-refractivity contribution is 6.30. The summed E-state index contributed by atoms with van der Waals surface area (Å²) in [5, 5.41) is 1.37. The Bertz CT molecular complexity index is 810. The van der Waals surface area contributed by atoms with Crippen LogP contribution in [0, 0.1) is 0 Å². The van der Waals surface area contributed by atoms with E-state index >= 15 is 0 Å². The van der Waals surface area contributed by atoms with Crippen LogP contribution in [0.25, 0.3) is 12.2 Å². The van der Waals surface area contributed by atoms with Gasteiger partial charge in [0.2, 0.25) is 0 Å². The number of hydrogen-bond donors (Lipinski definition) is 0. The fourth-order valence-electron chi connectivity index (χ4n) is 2.40. The van der Waals surface area contributed by atoms with Crippen LogP contribution in [0.5, 0.6) is 0 Å². The Morgan fingerprint density at radius 1 is 0.783 bits per heavy atom. The molecule has 1 nitrogen and oxygen atoms in total. The van der Waals surface area contributed by atoms with Gasteiger partial charge in [0.05, 0.1) is 0 Å². The van der Waals surface area contributed by atoms with Crippen molar-refractivity contribution >= 4 is 41.1 Å². The lowest BCUT2D eigenvalue weighted by molar-refractivity contribution is -0.112. The summed E-state index contributed by atoms with van der Waals surface area (Å²) in [4.78, 5) is 12.6. The van der Waals surface area contributed by atoms with Gasteiger partial charge in [0, 0.05) is 21.2 Å². The molecule has 23 heavy (non-hydrogen) atoms. The molecule has 0 saturated heterocycles. The number of rotatable bonds is 2. The second-order valence-electron chi connectivity index (χ2n) is 5.31. The van der Waals surface area contributed by atoms with E-state index in [1.807, 2.05) is 72.8 Å². The molecule has 114 valence electrons. The number of Topliss-reactive ketones (excluding diaryl/α,β-unsaturated/α-hetero) is 1. The van der Waals surface area contributed by atoms with Crippen LogP contribution in [0.1, 0.15) is 17.5 Å². The summed E-state index contributed by atoms with van der Waals surface area (Å²) in [6, 6.07) is 14.9. The lowest BCUT2D eigenvalue weighted by Gasteiger charge is -2.11. The van der Waals surface area contributed by atoms with Crippen molar-refractivity contribution in [1.29, 1.82) is 0 Å². The molecule has 0 N–H and O–H groups in total. The molecule has 2 aromatic carbocycles. The minimum Gasteiger partial charge on any atom is -0.289 e. The maximum Gasteiger partial charge on any atom is 0.189 e. The van der Waals surface area contributed by atoms with E-state index in [4.69, 9.17) is 23.2 Å². The van der Waals surface area contributed by atoms with Gasteiger partial charge in [-0.3, -0.25) is 4.79 Å². The van der Waals surface area contributed by atoms with Crippen molar-refractivity contribution in [2.45, 2.75) is 6.42 Å². The highest BCUT2D eigenvalue weighted by atomic mass is 35.5. The van der Waals surface area contributed by atoms with Crippen LogP contribution in [-0.2, 0) is 4.79 Å². The van der Waals surface area contributed by atoms with Gasteiger partial charge in [-0.15, -0.1) is 0 Å². The predicted molar refractivity (Wildman–Crippen MR) is 97.6 cm³/mol. The first-order valence-corrected chi connectivity index (χ1v) is 8.02. The molecule has 0 amide bonds. The molecule has 0 atom stereocenters. The number of carbonyl (C=O) groups excluding carboxylic acids is 1. The van der Waals surface area contributed by atoms with E-state index < -0.39 is 0 Å². The maximum absolute atomic E-state index is 12.6. The van der Waals surface area contributed by atoms with Crippen LogP contribution in [0.3, 0.4) is 0 Å². The Balaban J connectivity index is 1.89. The minimum atomic E-state index is 0.0531. The summed E-state index contributed by atoms with van der Waals surface area (Å²) in [5.74, 6) is 0.0531. The lowest BCUT2D eigenvalue weighted by atomic mass is 9.92. The van der Waals surface area contributed by atoms with Gasteiger partial charge in [0.25, 0.3) is 0 Å². The van der Waals surface area contributed by atoms with Gasteiger partial charge in [0.15, 0.2) is 5.78 Å². The van der Waals surface area contributed by atoms with Crippen LogP contribution < -0.4 is 0 Å². The van der Waals surface area contributed by atoms with E-state index in [2.05, 4.69) is 0 Å². The normalized spacial score (nSPS) is 17.9. The zero-order valence-corrected chi connectivity index (χ0v) is 13.8. The molecule has 3 rings (SSSR count). The average molecular weight is 341 g/mol. The molecular weight excluding hydrogens is 327 g/mol. The maximum atomic E-state index is 12.6. The zero-order valence-electron chi connectivity index (χ0n) is 12.3. The average Bonchev–Trinajstić information content (AvgIpc) is 2.55.